The van der Waals surface area contributed by atoms with Crippen molar-refractivity contribution in [3.8, 4) is 33.4 Å². The molecule has 1 aliphatic rings. The van der Waals surface area contributed by atoms with Crippen molar-refractivity contribution in [1.82, 2.24) is 0 Å². The molecule has 0 aromatic heterocycles. The number of fused-ring (bicyclic) bond motifs is 10. The molecule has 11 aromatic rings. The highest BCUT2D eigenvalue weighted by molar-refractivity contribution is 6.20. The molecule has 0 heterocycles. The van der Waals surface area contributed by atoms with E-state index >= 15 is 0 Å². The van der Waals surface area contributed by atoms with Crippen molar-refractivity contribution in [2.24, 2.45) is 0 Å². The minimum Gasteiger partial charge on any atom is -0.0622 e. The molecular weight excluding hydrogens is 685 g/mol. The highest BCUT2D eigenvalue weighted by Gasteiger charge is 2.47. The Balaban J connectivity index is 1.19. The second-order valence-electron chi connectivity index (χ2n) is 15.5. The fourth-order valence-corrected chi connectivity index (χ4v) is 10.2. The van der Waals surface area contributed by atoms with Crippen molar-refractivity contribution in [2.45, 2.75) is 5.41 Å². The fourth-order valence-electron chi connectivity index (χ4n) is 10.2. The molecule has 0 saturated heterocycles. The van der Waals surface area contributed by atoms with Gasteiger partial charge in [-0.1, -0.05) is 200 Å². The van der Waals surface area contributed by atoms with Crippen LogP contribution in [0.1, 0.15) is 22.3 Å². The number of benzene rings is 11. The van der Waals surface area contributed by atoms with E-state index in [9.17, 15) is 0 Å². The van der Waals surface area contributed by atoms with Crippen LogP contribution in [0.4, 0.5) is 0 Å². The summed E-state index contributed by atoms with van der Waals surface area (Å²) < 4.78 is 0. The molecule has 0 nitrogen and oxygen atoms in total. The van der Waals surface area contributed by atoms with Crippen LogP contribution in [0.3, 0.4) is 0 Å². The average molecular weight is 721 g/mol. The molecule has 0 saturated carbocycles. The summed E-state index contributed by atoms with van der Waals surface area (Å²) in [6.45, 7) is 0. The van der Waals surface area contributed by atoms with E-state index < -0.39 is 5.41 Å². The lowest BCUT2D eigenvalue weighted by atomic mass is 9.67. The lowest BCUT2D eigenvalue weighted by Gasteiger charge is -2.34. The van der Waals surface area contributed by atoms with Crippen molar-refractivity contribution in [3.63, 3.8) is 0 Å². The van der Waals surface area contributed by atoms with Crippen LogP contribution in [0.5, 0.6) is 0 Å². The molecule has 0 radical (unpaired) electrons. The second-order valence-corrected chi connectivity index (χ2v) is 15.5. The molecule has 0 aliphatic heterocycles. The van der Waals surface area contributed by atoms with Gasteiger partial charge < -0.3 is 0 Å². The molecule has 1 aliphatic carbocycles. The standard InChI is InChI=1S/C57H36/c1-3-18-43(19-4-1)57(44-20-5-2-6-21-44)53-33-32-48-46(41-27-26-37-14-7-8-16-39(37)34-41)24-13-25-49(48)56(53)51-31-29-42(36-54(51)57)55-47-23-12-10-17-40(47)35-52-45-22-11-9-15-38(45)28-30-50(52)55/h1-36H. The zero-order chi connectivity index (χ0) is 37.5. The quantitative estimate of drug-likeness (QED) is 0.125. The van der Waals surface area contributed by atoms with Crippen LogP contribution in [0.15, 0.2) is 218 Å². The van der Waals surface area contributed by atoms with Crippen molar-refractivity contribution < 1.29 is 0 Å². The van der Waals surface area contributed by atoms with Crippen molar-refractivity contribution >= 4 is 53.9 Å². The smallest absolute Gasteiger partial charge is 0.0622 e. The van der Waals surface area contributed by atoms with Gasteiger partial charge in [-0.05, 0) is 128 Å². The maximum absolute atomic E-state index is 2.53. The molecule has 0 spiro atoms. The molecule has 57 heavy (non-hydrogen) atoms. The maximum atomic E-state index is 2.53. The molecule has 0 atom stereocenters. The molecule has 264 valence electrons. The van der Waals surface area contributed by atoms with Crippen LogP contribution in [-0.4, -0.2) is 0 Å². The number of hydrogen-bond acceptors (Lipinski definition) is 0. The first kappa shape index (κ1) is 32.0. The number of hydrogen-bond donors (Lipinski definition) is 0. The SMILES string of the molecule is c1ccc(C2(c3ccccc3)c3cc(-c4c5ccccc5cc5c4ccc4ccccc45)ccc3-c3c2ccc2c(-c4ccc5ccccc5c4)cccc32)cc1. The predicted octanol–water partition coefficient (Wildman–Crippen LogP) is 15.1. The summed E-state index contributed by atoms with van der Waals surface area (Å²) in [7, 11) is 0. The topological polar surface area (TPSA) is 0 Å². The molecule has 0 bridgehead atoms. The Kier molecular flexibility index (Phi) is 6.94. The van der Waals surface area contributed by atoms with Gasteiger partial charge in [0.15, 0.2) is 0 Å². The summed E-state index contributed by atoms with van der Waals surface area (Å²) in [5, 5.41) is 12.7. The normalized spacial score (nSPS) is 13.1. The van der Waals surface area contributed by atoms with Crippen molar-refractivity contribution in [3.05, 3.63) is 241 Å². The predicted molar refractivity (Wildman–Crippen MR) is 242 cm³/mol. The Bertz CT molecular complexity index is 3350. The number of rotatable bonds is 4. The molecule has 0 amide bonds. The minimum absolute atomic E-state index is 0.538. The molecule has 0 N–H and O–H groups in total. The third-order valence-electron chi connectivity index (χ3n) is 12.7. The van der Waals surface area contributed by atoms with E-state index in [-0.39, 0.29) is 0 Å². The van der Waals surface area contributed by atoms with E-state index in [4.69, 9.17) is 0 Å². The van der Waals surface area contributed by atoms with Crippen LogP contribution in [0, 0.1) is 0 Å². The Hall–Kier alpha value is -7.28. The van der Waals surface area contributed by atoms with Crippen molar-refractivity contribution in [2.75, 3.05) is 0 Å². The van der Waals surface area contributed by atoms with E-state index in [1.54, 1.807) is 0 Å². The first-order valence-corrected chi connectivity index (χ1v) is 19.9. The van der Waals surface area contributed by atoms with Crippen LogP contribution in [-0.2, 0) is 5.41 Å². The molecule has 12 rings (SSSR count). The van der Waals surface area contributed by atoms with Gasteiger partial charge in [0.1, 0.15) is 0 Å². The summed E-state index contributed by atoms with van der Waals surface area (Å²) in [6.07, 6.45) is 0. The van der Waals surface area contributed by atoms with Crippen LogP contribution in [0.2, 0.25) is 0 Å². The average Bonchev–Trinajstić information content (AvgIpc) is 3.59. The van der Waals surface area contributed by atoms with Gasteiger partial charge in [0, 0.05) is 0 Å². The lowest BCUT2D eigenvalue weighted by molar-refractivity contribution is 0.769. The largest absolute Gasteiger partial charge is 0.0714 e. The van der Waals surface area contributed by atoms with Crippen LogP contribution < -0.4 is 0 Å². The van der Waals surface area contributed by atoms with E-state index in [0.717, 1.165) is 0 Å². The van der Waals surface area contributed by atoms with E-state index in [2.05, 4.69) is 218 Å². The third kappa shape index (κ3) is 4.62. The molecule has 11 aromatic carbocycles. The molecule has 0 heteroatoms. The summed E-state index contributed by atoms with van der Waals surface area (Å²) >= 11 is 0. The Morgan fingerprint density at radius 1 is 0.246 bits per heavy atom. The van der Waals surface area contributed by atoms with E-state index in [1.807, 2.05) is 0 Å². The summed E-state index contributed by atoms with van der Waals surface area (Å²) in [5.74, 6) is 0. The Morgan fingerprint density at radius 2 is 0.842 bits per heavy atom. The van der Waals surface area contributed by atoms with Gasteiger partial charge in [-0.25, -0.2) is 0 Å². The van der Waals surface area contributed by atoms with Gasteiger partial charge in [-0.3, -0.25) is 0 Å². The van der Waals surface area contributed by atoms with Gasteiger partial charge in [0.05, 0.1) is 5.41 Å². The van der Waals surface area contributed by atoms with Gasteiger partial charge in [0.25, 0.3) is 0 Å². The minimum atomic E-state index is -0.538. The Labute approximate surface area is 331 Å². The highest BCUT2D eigenvalue weighted by atomic mass is 14.5. The van der Waals surface area contributed by atoms with Crippen LogP contribution >= 0.6 is 0 Å². The monoisotopic (exact) mass is 720 g/mol. The highest BCUT2D eigenvalue weighted by Crippen LogP contribution is 2.59. The van der Waals surface area contributed by atoms with Crippen LogP contribution in [0.25, 0.3) is 87.2 Å². The lowest BCUT2D eigenvalue weighted by Crippen LogP contribution is -2.28. The summed E-state index contributed by atoms with van der Waals surface area (Å²) in [4.78, 5) is 0. The first-order chi connectivity index (χ1) is 28.3. The van der Waals surface area contributed by atoms with Gasteiger partial charge in [-0.2, -0.15) is 0 Å². The van der Waals surface area contributed by atoms with E-state index in [0.29, 0.717) is 0 Å². The van der Waals surface area contributed by atoms with E-state index in [1.165, 1.54) is 109 Å². The zero-order valence-corrected chi connectivity index (χ0v) is 31.3. The molecule has 0 fully saturated rings. The third-order valence-corrected chi connectivity index (χ3v) is 12.7. The van der Waals surface area contributed by atoms with Gasteiger partial charge >= 0.3 is 0 Å². The van der Waals surface area contributed by atoms with Crippen molar-refractivity contribution in [1.29, 1.82) is 0 Å². The first-order valence-electron chi connectivity index (χ1n) is 19.9. The maximum Gasteiger partial charge on any atom is 0.0714 e. The van der Waals surface area contributed by atoms with Gasteiger partial charge in [-0.15, -0.1) is 0 Å². The summed E-state index contributed by atoms with van der Waals surface area (Å²) in [6, 6.07) is 81.6. The fraction of sp³-hybridized carbons (Fsp3) is 0.0175. The Morgan fingerprint density at radius 3 is 1.63 bits per heavy atom. The molecular formula is C57H36. The zero-order valence-electron chi connectivity index (χ0n) is 31.3. The van der Waals surface area contributed by atoms with Gasteiger partial charge in [0.2, 0.25) is 0 Å². The summed E-state index contributed by atoms with van der Waals surface area (Å²) in [5.41, 5.74) is 12.3. The molecule has 0 unspecified atom stereocenters. The second kappa shape index (κ2) is 12.4.